The summed E-state index contributed by atoms with van der Waals surface area (Å²) in [5, 5.41) is 14.4. The van der Waals surface area contributed by atoms with Gasteiger partial charge in [0.15, 0.2) is 0 Å². The Hall–Kier alpha value is -2.04. The van der Waals surface area contributed by atoms with Gasteiger partial charge in [-0.25, -0.2) is 9.59 Å². The van der Waals surface area contributed by atoms with Gasteiger partial charge in [-0.3, -0.25) is 0 Å². The van der Waals surface area contributed by atoms with Crippen molar-refractivity contribution in [1.82, 2.24) is 5.32 Å². The zero-order chi connectivity index (χ0) is 14.4. The number of carboxylic acids is 1. The fraction of sp³-hybridized carbons (Fsp3) is 0.429. The number of carbonyl (C=O) groups excluding carboxylic acids is 1. The van der Waals surface area contributed by atoms with Crippen molar-refractivity contribution in [3.63, 3.8) is 0 Å². The molecular formula is C14H20N2O3. The third kappa shape index (κ3) is 4.62. The second kappa shape index (κ2) is 6.78. The summed E-state index contributed by atoms with van der Waals surface area (Å²) in [6.07, 6.45) is 1.01. The number of amides is 2. The van der Waals surface area contributed by atoms with Crippen molar-refractivity contribution >= 4 is 17.7 Å². The van der Waals surface area contributed by atoms with E-state index in [4.69, 9.17) is 5.11 Å². The van der Waals surface area contributed by atoms with Crippen LogP contribution in [0.1, 0.15) is 36.2 Å². The minimum atomic E-state index is -0.967. The van der Waals surface area contributed by atoms with Crippen LogP contribution < -0.4 is 10.6 Å². The fourth-order valence-electron chi connectivity index (χ4n) is 1.57. The molecule has 3 N–H and O–H groups in total. The van der Waals surface area contributed by atoms with Crippen LogP contribution >= 0.6 is 0 Å². The molecule has 0 heterocycles. The first-order valence-corrected chi connectivity index (χ1v) is 6.32. The Morgan fingerprint density at radius 2 is 2.05 bits per heavy atom. The van der Waals surface area contributed by atoms with Crippen molar-refractivity contribution in [2.24, 2.45) is 5.92 Å². The quantitative estimate of drug-likeness (QED) is 0.765. The molecule has 0 spiro atoms. The van der Waals surface area contributed by atoms with E-state index in [9.17, 15) is 9.59 Å². The molecule has 0 aliphatic rings. The summed E-state index contributed by atoms with van der Waals surface area (Å²) in [6, 6.07) is 4.44. The number of hydrogen-bond donors (Lipinski definition) is 3. The highest BCUT2D eigenvalue weighted by molar-refractivity contribution is 5.92. The molecule has 0 radical (unpaired) electrons. The molecule has 104 valence electrons. The smallest absolute Gasteiger partial charge is 0.335 e. The Labute approximate surface area is 113 Å². The minimum absolute atomic E-state index is 0.241. The lowest BCUT2D eigenvalue weighted by atomic mass is 10.1. The number of aromatic carboxylic acids is 1. The van der Waals surface area contributed by atoms with Crippen LogP contribution in [0.15, 0.2) is 18.2 Å². The van der Waals surface area contributed by atoms with E-state index in [-0.39, 0.29) is 11.6 Å². The maximum atomic E-state index is 11.6. The molecule has 0 fully saturated rings. The van der Waals surface area contributed by atoms with Gasteiger partial charge >= 0.3 is 12.0 Å². The molecule has 1 atom stereocenters. The first-order chi connectivity index (χ1) is 8.93. The van der Waals surface area contributed by atoms with E-state index >= 15 is 0 Å². The van der Waals surface area contributed by atoms with Gasteiger partial charge in [0.1, 0.15) is 0 Å². The van der Waals surface area contributed by atoms with Gasteiger partial charge in [-0.05, 0) is 36.6 Å². The molecule has 1 rings (SSSR count). The number of carboxylic acid groups (broad SMARTS) is 1. The first-order valence-electron chi connectivity index (χ1n) is 6.32. The van der Waals surface area contributed by atoms with Gasteiger partial charge in [0, 0.05) is 12.2 Å². The van der Waals surface area contributed by atoms with Crippen molar-refractivity contribution in [3.05, 3.63) is 29.3 Å². The molecule has 1 aromatic rings. The monoisotopic (exact) mass is 264 g/mol. The molecule has 5 nitrogen and oxygen atoms in total. The van der Waals surface area contributed by atoms with E-state index in [2.05, 4.69) is 24.5 Å². The Morgan fingerprint density at radius 1 is 1.37 bits per heavy atom. The minimum Gasteiger partial charge on any atom is -0.478 e. The highest BCUT2D eigenvalue weighted by Gasteiger charge is 2.09. The number of nitrogens with one attached hydrogen (secondary N) is 2. The fourth-order valence-corrected chi connectivity index (χ4v) is 1.57. The van der Waals surface area contributed by atoms with Gasteiger partial charge in [0.25, 0.3) is 0 Å². The molecule has 19 heavy (non-hydrogen) atoms. The second-order valence-electron chi connectivity index (χ2n) is 4.68. The lowest BCUT2D eigenvalue weighted by Crippen LogP contribution is -2.32. The van der Waals surface area contributed by atoms with Gasteiger partial charge in [-0.15, -0.1) is 0 Å². The van der Waals surface area contributed by atoms with Crippen LogP contribution in [-0.2, 0) is 0 Å². The summed E-state index contributed by atoms with van der Waals surface area (Å²) in [5.74, 6) is -0.535. The predicted octanol–water partition coefficient (Wildman–Crippen LogP) is 2.86. The van der Waals surface area contributed by atoms with Crippen LogP contribution in [0, 0.1) is 12.8 Å². The molecular weight excluding hydrogens is 244 g/mol. The molecule has 0 aliphatic carbocycles. The molecule has 0 aliphatic heterocycles. The summed E-state index contributed by atoms with van der Waals surface area (Å²) < 4.78 is 0. The average Bonchev–Trinajstić information content (AvgIpc) is 2.35. The van der Waals surface area contributed by atoms with E-state index in [0.29, 0.717) is 23.7 Å². The van der Waals surface area contributed by atoms with E-state index in [1.54, 1.807) is 19.1 Å². The molecule has 0 aromatic heterocycles. The highest BCUT2D eigenvalue weighted by Crippen LogP contribution is 2.15. The Bertz CT molecular complexity index is 472. The third-order valence-electron chi connectivity index (χ3n) is 3.02. The highest BCUT2D eigenvalue weighted by atomic mass is 16.4. The van der Waals surface area contributed by atoms with Gasteiger partial charge in [-0.2, -0.15) is 0 Å². The maximum Gasteiger partial charge on any atom is 0.335 e. The third-order valence-corrected chi connectivity index (χ3v) is 3.02. The van der Waals surface area contributed by atoms with E-state index in [0.717, 1.165) is 6.42 Å². The number of carbonyl (C=O) groups is 2. The van der Waals surface area contributed by atoms with E-state index in [1.165, 1.54) is 6.07 Å². The van der Waals surface area contributed by atoms with Gasteiger partial charge < -0.3 is 15.7 Å². The molecule has 0 bridgehead atoms. The molecule has 1 aromatic carbocycles. The zero-order valence-corrected chi connectivity index (χ0v) is 11.5. The van der Waals surface area contributed by atoms with Crippen molar-refractivity contribution < 1.29 is 14.7 Å². The number of anilines is 1. The maximum absolute atomic E-state index is 11.6. The van der Waals surface area contributed by atoms with E-state index < -0.39 is 5.97 Å². The van der Waals surface area contributed by atoms with Crippen LogP contribution in [0.4, 0.5) is 10.5 Å². The zero-order valence-electron chi connectivity index (χ0n) is 11.5. The summed E-state index contributed by atoms with van der Waals surface area (Å²) >= 11 is 0. The lowest BCUT2D eigenvalue weighted by Gasteiger charge is -2.12. The number of rotatable bonds is 5. The average molecular weight is 264 g/mol. The van der Waals surface area contributed by atoms with Crippen LogP contribution in [0.3, 0.4) is 0 Å². The normalized spacial score (nSPS) is 11.7. The Morgan fingerprint density at radius 3 is 2.58 bits per heavy atom. The van der Waals surface area contributed by atoms with Crippen molar-refractivity contribution in [1.29, 1.82) is 0 Å². The topological polar surface area (TPSA) is 78.4 Å². The lowest BCUT2D eigenvalue weighted by molar-refractivity contribution is 0.0696. The van der Waals surface area contributed by atoms with E-state index in [1.807, 2.05) is 0 Å². The first kappa shape index (κ1) is 15.0. The number of benzene rings is 1. The van der Waals surface area contributed by atoms with Crippen LogP contribution in [0.2, 0.25) is 0 Å². The summed E-state index contributed by atoms with van der Waals surface area (Å²) in [5.41, 5.74) is 1.45. The number of hydrogen-bond acceptors (Lipinski definition) is 2. The standard InChI is InChI=1S/C14H20N2O3/c1-4-9(2)8-15-14(19)16-11-5-6-12(13(17)18)10(3)7-11/h5-7,9H,4,8H2,1-3H3,(H,17,18)(H2,15,16,19). The Kier molecular flexibility index (Phi) is 5.36. The largest absolute Gasteiger partial charge is 0.478 e. The van der Waals surface area contributed by atoms with Crippen molar-refractivity contribution in [2.45, 2.75) is 27.2 Å². The molecule has 0 saturated heterocycles. The van der Waals surface area contributed by atoms with Crippen LogP contribution in [-0.4, -0.2) is 23.7 Å². The van der Waals surface area contributed by atoms with Crippen LogP contribution in [0.25, 0.3) is 0 Å². The molecule has 5 heteroatoms. The second-order valence-corrected chi connectivity index (χ2v) is 4.68. The summed E-state index contributed by atoms with van der Waals surface area (Å²) in [6.45, 7) is 6.45. The van der Waals surface area contributed by atoms with Gasteiger partial charge in [-0.1, -0.05) is 20.3 Å². The predicted molar refractivity (Wildman–Crippen MR) is 74.6 cm³/mol. The number of aryl methyl sites for hydroxylation is 1. The van der Waals surface area contributed by atoms with Crippen molar-refractivity contribution in [2.75, 3.05) is 11.9 Å². The molecule has 2 amide bonds. The molecule has 1 unspecified atom stereocenters. The van der Waals surface area contributed by atoms with Gasteiger partial charge in [0.2, 0.25) is 0 Å². The molecule has 0 saturated carbocycles. The van der Waals surface area contributed by atoms with Gasteiger partial charge in [0.05, 0.1) is 5.56 Å². The SMILES string of the molecule is CCC(C)CNC(=O)Nc1ccc(C(=O)O)c(C)c1. The summed E-state index contributed by atoms with van der Waals surface area (Å²) in [7, 11) is 0. The summed E-state index contributed by atoms with van der Waals surface area (Å²) in [4.78, 5) is 22.5. The Balaban J connectivity index is 2.60. The number of urea groups is 1. The van der Waals surface area contributed by atoms with Crippen LogP contribution in [0.5, 0.6) is 0 Å². The van der Waals surface area contributed by atoms with Crippen molar-refractivity contribution in [3.8, 4) is 0 Å².